The number of rotatable bonds is 6. The number of hydrogen-bond donors (Lipinski definition) is 0. The van der Waals surface area contributed by atoms with Gasteiger partial charge in [0.15, 0.2) is 0 Å². The van der Waals surface area contributed by atoms with E-state index in [1.54, 1.807) is 14.2 Å². The molecule has 0 radical (unpaired) electrons. The van der Waals surface area contributed by atoms with Gasteiger partial charge in [-0.1, -0.05) is 54.6 Å². The molecule has 0 atom stereocenters. The van der Waals surface area contributed by atoms with Crippen LogP contribution in [-0.2, 0) is 24.2 Å². The van der Waals surface area contributed by atoms with Crippen LogP contribution in [0.2, 0.25) is 0 Å². The van der Waals surface area contributed by atoms with Gasteiger partial charge in [0.2, 0.25) is 0 Å². The summed E-state index contributed by atoms with van der Waals surface area (Å²) in [6.45, 7) is 2.99. The number of carbonyl (C=O) groups is 2. The van der Waals surface area contributed by atoms with Gasteiger partial charge < -0.3 is 9.64 Å². The molecule has 1 spiro atoms. The zero-order chi connectivity index (χ0) is 25.6. The topological polar surface area (TPSA) is 53.1 Å². The summed E-state index contributed by atoms with van der Waals surface area (Å²) in [6, 6.07) is 23.2. The highest BCUT2D eigenvalue weighted by Crippen LogP contribution is 2.39. The SMILES string of the molecule is COc1ccc(CCN2C(=O)N(C)C(=O)C23CCN(Cc2ccc4c(c2)Cc2ccccc2-4)CC3)cc1. The van der Waals surface area contributed by atoms with Crippen molar-refractivity contribution >= 4 is 11.9 Å². The lowest BCUT2D eigenvalue weighted by Gasteiger charge is -2.42. The molecular formula is C31H33N3O3. The minimum absolute atomic E-state index is 0.0535. The third kappa shape index (κ3) is 4.09. The molecule has 6 heteroatoms. The number of likely N-dealkylation sites (N-methyl/N-ethyl adjacent to an activating group) is 1. The first-order valence-corrected chi connectivity index (χ1v) is 13.1. The minimum atomic E-state index is -0.728. The molecule has 2 fully saturated rings. The van der Waals surface area contributed by atoms with Gasteiger partial charge in [-0.3, -0.25) is 14.6 Å². The van der Waals surface area contributed by atoms with E-state index < -0.39 is 5.54 Å². The average Bonchev–Trinajstić information content (AvgIpc) is 3.38. The van der Waals surface area contributed by atoms with Crippen LogP contribution < -0.4 is 4.74 Å². The monoisotopic (exact) mass is 495 g/mol. The molecule has 190 valence electrons. The highest BCUT2D eigenvalue weighted by atomic mass is 16.5. The number of ether oxygens (including phenoxy) is 1. The average molecular weight is 496 g/mol. The van der Waals surface area contributed by atoms with E-state index in [9.17, 15) is 9.59 Å². The number of piperidine rings is 1. The number of carbonyl (C=O) groups excluding carboxylic acids is 2. The molecular weight excluding hydrogens is 462 g/mol. The maximum atomic E-state index is 13.3. The van der Waals surface area contributed by atoms with Gasteiger partial charge >= 0.3 is 6.03 Å². The Hall–Kier alpha value is -3.64. The smallest absolute Gasteiger partial charge is 0.327 e. The van der Waals surface area contributed by atoms with Crippen molar-refractivity contribution in [2.45, 2.75) is 37.8 Å². The molecule has 2 heterocycles. The molecule has 6 rings (SSSR count). The van der Waals surface area contributed by atoms with Crippen LogP contribution in [0.15, 0.2) is 66.7 Å². The summed E-state index contributed by atoms with van der Waals surface area (Å²) in [5.74, 6) is 0.759. The van der Waals surface area contributed by atoms with Crippen molar-refractivity contribution in [2.75, 3.05) is 33.8 Å². The van der Waals surface area contributed by atoms with Crippen molar-refractivity contribution in [3.05, 3.63) is 89.0 Å². The number of imide groups is 1. The van der Waals surface area contributed by atoms with Crippen LogP contribution in [0.3, 0.4) is 0 Å². The number of methoxy groups -OCH3 is 1. The van der Waals surface area contributed by atoms with E-state index in [-0.39, 0.29) is 11.9 Å². The molecule has 0 bridgehead atoms. The highest BCUT2D eigenvalue weighted by Gasteiger charge is 2.56. The van der Waals surface area contributed by atoms with Gasteiger partial charge in [-0.15, -0.1) is 0 Å². The van der Waals surface area contributed by atoms with E-state index in [4.69, 9.17) is 4.74 Å². The van der Waals surface area contributed by atoms with Crippen LogP contribution >= 0.6 is 0 Å². The Bertz CT molecular complexity index is 1340. The van der Waals surface area contributed by atoms with Gasteiger partial charge in [-0.2, -0.15) is 0 Å². The van der Waals surface area contributed by atoms with E-state index in [1.165, 1.54) is 32.7 Å². The Labute approximate surface area is 218 Å². The second kappa shape index (κ2) is 9.34. The molecule has 3 aromatic rings. The number of urea groups is 1. The van der Waals surface area contributed by atoms with Gasteiger partial charge in [-0.25, -0.2) is 4.79 Å². The summed E-state index contributed by atoms with van der Waals surface area (Å²) < 4.78 is 5.25. The number of amides is 3. The van der Waals surface area contributed by atoms with Crippen molar-refractivity contribution in [1.29, 1.82) is 0 Å². The molecule has 2 saturated heterocycles. The fraction of sp³-hybridized carbons (Fsp3) is 0.355. The van der Waals surface area contributed by atoms with Crippen LogP contribution in [0.4, 0.5) is 4.79 Å². The molecule has 0 N–H and O–H groups in total. The maximum absolute atomic E-state index is 13.3. The molecule has 0 unspecified atom stereocenters. The van der Waals surface area contributed by atoms with Crippen molar-refractivity contribution < 1.29 is 14.3 Å². The number of hydrogen-bond acceptors (Lipinski definition) is 4. The molecule has 0 saturated carbocycles. The molecule has 3 amide bonds. The van der Waals surface area contributed by atoms with E-state index in [1.807, 2.05) is 29.2 Å². The molecule has 3 aromatic carbocycles. The van der Waals surface area contributed by atoms with Crippen molar-refractivity contribution in [1.82, 2.24) is 14.7 Å². The third-order valence-electron chi connectivity index (χ3n) is 8.47. The largest absolute Gasteiger partial charge is 0.497 e. The van der Waals surface area contributed by atoms with Gasteiger partial charge in [0.25, 0.3) is 5.91 Å². The van der Waals surface area contributed by atoms with Crippen LogP contribution in [0, 0.1) is 0 Å². The third-order valence-corrected chi connectivity index (χ3v) is 8.47. The maximum Gasteiger partial charge on any atom is 0.327 e. The van der Waals surface area contributed by atoms with Crippen LogP contribution in [0.1, 0.15) is 35.1 Å². The zero-order valence-electron chi connectivity index (χ0n) is 21.6. The van der Waals surface area contributed by atoms with E-state index >= 15 is 0 Å². The first kappa shape index (κ1) is 23.7. The van der Waals surface area contributed by atoms with Crippen molar-refractivity contribution in [2.24, 2.45) is 0 Å². The van der Waals surface area contributed by atoms with Gasteiger partial charge in [0.1, 0.15) is 11.3 Å². The van der Waals surface area contributed by atoms with E-state index in [0.29, 0.717) is 25.8 Å². The molecule has 0 aromatic heterocycles. The second-order valence-electron chi connectivity index (χ2n) is 10.5. The molecule has 3 aliphatic rings. The van der Waals surface area contributed by atoms with Gasteiger partial charge in [0.05, 0.1) is 7.11 Å². The fourth-order valence-corrected chi connectivity index (χ4v) is 6.34. The second-order valence-corrected chi connectivity index (χ2v) is 10.5. The lowest BCUT2D eigenvalue weighted by atomic mass is 9.85. The van der Waals surface area contributed by atoms with Crippen LogP contribution in [-0.4, -0.2) is 66.0 Å². The summed E-state index contributed by atoms with van der Waals surface area (Å²) in [5, 5.41) is 0. The standard InChI is InChI=1S/C31H33N3O3/c1-32-29(35)31(34(30(32)36)16-13-22-7-10-26(37-2)11-8-22)14-17-33(18-15-31)21-23-9-12-28-25(19-23)20-24-5-3-4-6-27(24)28/h3-12,19H,13-18,20-21H2,1-2H3. The normalized spacial score (nSPS) is 18.4. The molecule has 1 aliphatic carbocycles. The van der Waals surface area contributed by atoms with E-state index in [2.05, 4.69) is 47.4 Å². The lowest BCUT2D eigenvalue weighted by molar-refractivity contribution is -0.134. The summed E-state index contributed by atoms with van der Waals surface area (Å²) in [5.41, 5.74) is 7.21. The molecule has 2 aliphatic heterocycles. The zero-order valence-corrected chi connectivity index (χ0v) is 21.6. The number of nitrogens with zero attached hydrogens (tertiary/aromatic N) is 3. The highest BCUT2D eigenvalue weighted by molar-refractivity contribution is 6.06. The number of fused-ring (bicyclic) bond motifs is 3. The predicted octanol–water partition coefficient (Wildman–Crippen LogP) is 4.74. The summed E-state index contributed by atoms with van der Waals surface area (Å²) in [6.07, 6.45) is 3.04. The van der Waals surface area contributed by atoms with Crippen LogP contribution in [0.5, 0.6) is 5.75 Å². The molecule has 6 nitrogen and oxygen atoms in total. The summed E-state index contributed by atoms with van der Waals surface area (Å²) in [4.78, 5) is 32.0. The quantitative estimate of drug-likeness (QED) is 0.363. The Morgan fingerprint density at radius 2 is 1.57 bits per heavy atom. The lowest BCUT2D eigenvalue weighted by Crippen LogP contribution is -2.56. The molecule has 37 heavy (non-hydrogen) atoms. The Kier molecular flexibility index (Phi) is 6.00. The summed E-state index contributed by atoms with van der Waals surface area (Å²) >= 11 is 0. The van der Waals surface area contributed by atoms with Crippen LogP contribution in [0.25, 0.3) is 11.1 Å². The number of likely N-dealkylation sites (tertiary alicyclic amines) is 1. The summed E-state index contributed by atoms with van der Waals surface area (Å²) in [7, 11) is 3.27. The Morgan fingerprint density at radius 3 is 2.32 bits per heavy atom. The van der Waals surface area contributed by atoms with Crippen molar-refractivity contribution in [3.63, 3.8) is 0 Å². The Balaban J connectivity index is 1.13. The first-order valence-electron chi connectivity index (χ1n) is 13.1. The van der Waals surface area contributed by atoms with Gasteiger partial charge in [-0.05, 0) is 71.2 Å². The Morgan fingerprint density at radius 1 is 0.865 bits per heavy atom. The predicted molar refractivity (Wildman–Crippen MR) is 143 cm³/mol. The minimum Gasteiger partial charge on any atom is -0.497 e. The van der Waals surface area contributed by atoms with E-state index in [0.717, 1.165) is 37.4 Å². The fourth-order valence-electron chi connectivity index (χ4n) is 6.34. The number of benzene rings is 3. The van der Waals surface area contributed by atoms with Gasteiger partial charge in [0, 0.05) is 33.2 Å². The first-order chi connectivity index (χ1) is 18.0. The van der Waals surface area contributed by atoms with Crippen molar-refractivity contribution in [3.8, 4) is 16.9 Å².